The first-order chi connectivity index (χ1) is 10.4. The molecule has 122 valence electrons. The van der Waals surface area contributed by atoms with E-state index >= 15 is 0 Å². The lowest BCUT2D eigenvalue weighted by atomic mass is 9.90. The van der Waals surface area contributed by atoms with Gasteiger partial charge in [-0.2, -0.15) is 0 Å². The predicted octanol–water partition coefficient (Wildman–Crippen LogP) is 0.593. The van der Waals surface area contributed by atoms with Gasteiger partial charge in [0.2, 0.25) is 10.0 Å². The molecule has 0 radical (unpaired) electrons. The fourth-order valence-electron chi connectivity index (χ4n) is 3.30. The lowest BCUT2D eigenvalue weighted by Crippen LogP contribution is -2.50. The standard InChI is InChI=1S/C14H20N2O5S/c1-22(18,19)15-12-3-7-21-14(8-12)4-5-16(10-14)13(17)11-2-6-20-9-11/h2,6,9,12,15H,3-5,7-8,10H2,1H3/t12-,14-/m1/s1. The number of likely N-dealkylation sites (tertiary alicyclic amines) is 1. The van der Waals surface area contributed by atoms with Crippen LogP contribution in [0, 0.1) is 0 Å². The summed E-state index contributed by atoms with van der Waals surface area (Å²) in [5, 5.41) is 0. The van der Waals surface area contributed by atoms with Crippen LogP contribution >= 0.6 is 0 Å². The second-order valence-corrected chi connectivity index (χ2v) is 7.88. The van der Waals surface area contributed by atoms with Crippen LogP contribution in [0.3, 0.4) is 0 Å². The number of ether oxygens (including phenoxy) is 1. The molecule has 2 aliphatic rings. The van der Waals surface area contributed by atoms with E-state index in [0.29, 0.717) is 38.1 Å². The number of carbonyl (C=O) groups excluding carboxylic acids is 1. The fraction of sp³-hybridized carbons (Fsp3) is 0.643. The van der Waals surface area contributed by atoms with E-state index in [1.807, 2.05) is 0 Å². The number of sulfonamides is 1. The van der Waals surface area contributed by atoms with Crippen molar-refractivity contribution in [1.82, 2.24) is 9.62 Å². The van der Waals surface area contributed by atoms with Gasteiger partial charge in [0.05, 0.1) is 30.2 Å². The zero-order valence-corrected chi connectivity index (χ0v) is 13.3. The maximum Gasteiger partial charge on any atom is 0.257 e. The molecular weight excluding hydrogens is 308 g/mol. The zero-order valence-electron chi connectivity index (χ0n) is 12.4. The Labute approximate surface area is 129 Å². The van der Waals surface area contributed by atoms with E-state index in [4.69, 9.17) is 9.15 Å². The van der Waals surface area contributed by atoms with E-state index in [0.717, 1.165) is 6.42 Å². The van der Waals surface area contributed by atoms with Gasteiger partial charge in [-0.3, -0.25) is 4.79 Å². The minimum Gasteiger partial charge on any atom is -0.472 e. The summed E-state index contributed by atoms with van der Waals surface area (Å²) in [5.74, 6) is -0.0765. The quantitative estimate of drug-likeness (QED) is 0.877. The van der Waals surface area contributed by atoms with Gasteiger partial charge < -0.3 is 14.1 Å². The lowest BCUT2D eigenvalue weighted by Gasteiger charge is -2.38. The van der Waals surface area contributed by atoms with Crippen LogP contribution in [-0.4, -0.2) is 56.8 Å². The summed E-state index contributed by atoms with van der Waals surface area (Å²) >= 11 is 0. The summed E-state index contributed by atoms with van der Waals surface area (Å²) in [5.41, 5.74) is 0.0821. The molecule has 22 heavy (non-hydrogen) atoms. The molecule has 3 heterocycles. The van der Waals surface area contributed by atoms with Gasteiger partial charge in [-0.25, -0.2) is 13.1 Å². The van der Waals surface area contributed by atoms with Crippen molar-refractivity contribution in [2.24, 2.45) is 0 Å². The molecule has 0 saturated carbocycles. The molecule has 0 bridgehead atoms. The molecule has 2 saturated heterocycles. The van der Waals surface area contributed by atoms with Crippen molar-refractivity contribution in [1.29, 1.82) is 0 Å². The highest BCUT2D eigenvalue weighted by atomic mass is 32.2. The number of amides is 1. The Balaban J connectivity index is 1.66. The van der Waals surface area contributed by atoms with Crippen molar-refractivity contribution in [3.63, 3.8) is 0 Å². The van der Waals surface area contributed by atoms with Gasteiger partial charge >= 0.3 is 0 Å². The molecule has 3 rings (SSSR count). The molecule has 8 heteroatoms. The second-order valence-electron chi connectivity index (χ2n) is 6.10. The van der Waals surface area contributed by atoms with Crippen molar-refractivity contribution in [2.45, 2.75) is 30.9 Å². The van der Waals surface area contributed by atoms with Gasteiger partial charge in [-0.1, -0.05) is 0 Å². The molecule has 2 aliphatic heterocycles. The van der Waals surface area contributed by atoms with Gasteiger partial charge in [0.15, 0.2) is 0 Å². The summed E-state index contributed by atoms with van der Waals surface area (Å²) in [6, 6.07) is 1.51. The Kier molecular flexibility index (Phi) is 4.00. The molecule has 0 aromatic carbocycles. The highest BCUT2D eigenvalue weighted by Gasteiger charge is 2.45. The maximum absolute atomic E-state index is 12.3. The van der Waals surface area contributed by atoms with Crippen LogP contribution in [0.5, 0.6) is 0 Å². The third kappa shape index (κ3) is 3.34. The van der Waals surface area contributed by atoms with E-state index < -0.39 is 15.6 Å². The Morgan fingerprint density at radius 3 is 3.00 bits per heavy atom. The number of carbonyl (C=O) groups is 1. The molecule has 2 fully saturated rings. The van der Waals surface area contributed by atoms with Crippen LogP contribution in [0.1, 0.15) is 29.6 Å². The average Bonchev–Trinajstić information content (AvgIpc) is 3.06. The molecule has 1 aromatic rings. The van der Waals surface area contributed by atoms with Crippen LogP contribution in [0.2, 0.25) is 0 Å². The van der Waals surface area contributed by atoms with Gasteiger partial charge in [0.25, 0.3) is 5.91 Å². The van der Waals surface area contributed by atoms with Crippen molar-refractivity contribution < 1.29 is 22.4 Å². The van der Waals surface area contributed by atoms with E-state index in [2.05, 4.69) is 4.72 Å². The van der Waals surface area contributed by atoms with E-state index in [1.54, 1.807) is 11.0 Å². The van der Waals surface area contributed by atoms with E-state index in [-0.39, 0.29) is 11.9 Å². The molecule has 2 atom stereocenters. The molecule has 7 nitrogen and oxygen atoms in total. The first-order valence-electron chi connectivity index (χ1n) is 7.30. The Hall–Kier alpha value is -1.38. The minimum absolute atomic E-state index is 0.0765. The SMILES string of the molecule is CS(=O)(=O)N[C@@H]1CCO[C@]2(CCN(C(=O)c3ccoc3)C2)C1. The fourth-order valence-corrected chi connectivity index (χ4v) is 4.11. The Morgan fingerprint density at radius 1 is 1.50 bits per heavy atom. The first-order valence-corrected chi connectivity index (χ1v) is 9.19. The van der Waals surface area contributed by atoms with Crippen LogP contribution in [0.15, 0.2) is 23.0 Å². The smallest absolute Gasteiger partial charge is 0.257 e. The Bertz CT molecular complexity index is 642. The topological polar surface area (TPSA) is 88.9 Å². The average molecular weight is 328 g/mol. The molecule has 0 aliphatic carbocycles. The molecular formula is C14H20N2O5S. The van der Waals surface area contributed by atoms with Gasteiger partial charge in [-0.05, 0) is 25.3 Å². The van der Waals surface area contributed by atoms with Crippen molar-refractivity contribution in [2.75, 3.05) is 26.0 Å². The van der Waals surface area contributed by atoms with Crippen LogP contribution in [0.4, 0.5) is 0 Å². The summed E-state index contributed by atoms with van der Waals surface area (Å²) in [6.07, 6.45) is 6.04. The number of hydrogen-bond donors (Lipinski definition) is 1. The Morgan fingerprint density at radius 2 is 2.32 bits per heavy atom. The molecule has 0 unspecified atom stereocenters. The number of hydrogen-bond acceptors (Lipinski definition) is 5. The van der Waals surface area contributed by atoms with Crippen molar-refractivity contribution in [3.05, 3.63) is 24.2 Å². The summed E-state index contributed by atoms with van der Waals surface area (Å²) in [4.78, 5) is 14.1. The third-order valence-corrected chi connectivity index (χ3v) is 5.01. The number of furan rings is 1. The van der Waals surface area contributed by atoms with Gasteiger partial charge in [-0.15, -0.1) is 0 Å². The van der Waals surface area contributed by atoms with Gasteiger partial charge in [0, 0.05) is 19.2 Å². The zero-order chi connectivity index (χ0) is 15.8. The highest BCUT2D eigenvalue weighted by Crippen LogP contribution is 2.35. The predicted molar refractivity (Wildman–Crippen MR) is 78.9 cm³/mol. The van der Waals surface area contributed by atoms with Crippen molar-refractivity contribution >= 4 is 15.9 Å². The van der Waals surface area contributed by atoms with Crippen LogP contribution < -0.4 is 4.72 Å². The molecule has 1 N–H and O–H groups in total. The van der Waals surface area contributed by atoms with Crippen molar-refractivity contribution in [3.8, 4) is 0 Å². The van der Waals surface area contributed by atoms with Crippen LogP contribution in [-0.2, 0) is 14.8 Å². The summed E-state index contributed by atoms with van der Waals surface area (Å²) in [6.45, 7) is 1.59. The molecule has 1 spiro atoms. The number of rotatable bonds is 3. The van der Waals surface area contributed by atoms with Crippen LogP contribution in [0.25, 0.3) is 0 Å². The first kappa shape index (κ1) is 15.5. The maximum atomic E-state index is 12.3. The number of nitrogens with one attached hydrogen (secondary N) is 1. The third-order valence-electron chi connectivity index (χ3n) is 4.25. The summed E-state index contributed by atoms with van der Waals surface area (Å²) < 4.78 is 36.3. The second kappa shape index (κ2) is 5.68. The van der Waals surface area contributed by atoms with E-state index in [9.17, 15) is 13.2 Å². The largest absolute Gasteiger partial charge is 0.472 e. The minimum atomic E-state index is -3.23. The normalized spacial score (nSPS) is 29.1. The summed E-state index contributed by atoms with van der Waals surface area (Å²) in [7, 11) is -3.23. The highest BCUT2D eigenvalue weighted by molar-refractivity contribution is 7.88. The number of nitrogens with zero attached hydrogens (tertiary/aromatic N) is 1. The molecule has 1 aromatic heterocycles. The van der Waals surface area contributed by atoms with Gasteiger partial charge in [0.1, 0.15) is 6.26 Å². The molecule has 1 amide bonds. The lowest BCUT2D eigenvalue weighted by molar-refractivity contribution is -0.0763. The monoisotopic (exact) mass is 328 g/mol. The van der Waals surface area contributed by atoms with E-state index in [1.165, 1.54) is 18.8 Å².